The number of carbonyl (C=O) groups excluding carboxylic acids is 1. The first-order valence-electron chi connectivity index (χ1n) is 10.6. The van der Waals surface area contributed by atoms with Crippen LogP contribution in [0.4, 0.5) is 0 Å². The summed E-state index contributed by atoms with van der Waals surface area (Å²) in [6.45, 7) is 1.03. The van der Waals surface area contributed by atoms with Crippen LogP contribution in [0.1, 0.15) is 44.1 Å². The van der Waals surface area contributed by atoms with Gasteiger partial charge in [-0.1, -0.05) is 30.3 Å². The van der Waals surface area contributed by atoms with Gasteiger partial charge in [0.05, 0.1) is 11.7 Å². The molecule has 5 fully saturated rings. The van der Waals surface area contributed by atoms with Gasteiger partial charge < -0.3 is 14.7 Å². The number of amides is 1. The maximum absolute atomic E-state index is 13.1. The number of carbonyl (C=O) groups is 1. The number of ether oxygens (including phenoxy) is 1. The van der Waals surface area contributed by atoms with Crippen molar-refractivity contribution in [2.45, 2.75) is 56.7 Å². The first-order chi connectivity index (χ1) is 13.0. The van der Waals surface area contributed by atoms with Crippen molar-refractivity contribution in [3.8, 4) is 0 Å². The van der Waals surface area contributed by atoms with E-state index >= 15 is 0 Å². The highest BCUT2D eigenvalue weighted by atomic mass is 16.5. The quantitative estimate of drug-likeness (QED) is 0.868. The number of benzene rings is 1. The van der Waals surface area contributed by atoms with E-state index in [-0.39, 0.29) is 23.0 Å². The third kappa shape index (κ3) is 2.84. The lowest BCUT2D eigenvalue weighted by atomic mass is 9.42. The molecule has 2 atom stereocenters. The molecule has 146 valence electrons. The normalized spacial score (nSPS) is 40.2. The SMILES string of the molecule is CO[C@]12CC3CC(C1)[C@](CC(=O)N1CC(O)C1)(Cc1ccccc1)C(C3)C2. The van der Waals surface area contributed by atoms with Gasteiger partial charge in [-0.05, 0) is 67.3 Å². The van der Waals surface area contributed by atoms with Crippen LogP contribution >= 0.6 is 0 Å². The molecule has 1 N–H and O–H groups in total. The number of aliphatic hydroxyl groups excluding tert-OH is 1. The largest absolute Gasteiger partial charge is 0.389 e. The molecule has 4 nitrogen and oxygen atoms in total. The smallest absolute Gasteiger partial charge is 0.223 e. The zero-order valence-corrected chi connectivity index (χ0v) is 16.3. The Morgan fingerprint density at radius 2 is 1.81 bits per heavy atom. The summed E-state index contributed by atoms with van der Waals surface area (Å²) >= 11 is 0. The van der Waals surface area contributed by atoms with Crippen LogP contribution in [0, 0.1) is 23.2 Å². The number of aliphatic hydroxyl groups is 1. The summed E-state index contributed by atoms with van der Waals surface area (Å²) < 4.78 is 6.06. The standard InChI is InChI=1S/C23H31NO3/c1-27-22-9-17-7-18(11-22)23(19(8-17)12-22,10-16-5-3-2-4-6-16)13-21(26)24-14-20(25)15-24/h2-6,17-20,25H,7-15H2,1H3/t17?,18?,19?,22-,23-. The van der Waals surface area contributed by atoms with E-state index in [4.69, 9.17) is 4.74 Å². The van der Waals surface area contributed by atoms with E-state index in [1.54, 1.807) is 0 Å². The summed E-state index contributed by atoms with van der Waals surface area (Å²) in [7, 11) is 1.89. The lowest BCUT2D eigenvalue weighted by molar-refractivity contribution is -0.208. The summed E-state index contributed by atoms with van der Waals surface area (Å²) in [6.07, 6.45) is 7.25. The van der Waals surface area contributed by atoms with Gasteiger partial charge in [-0.3, -0.25) is 4.79 Å². The van der Waals surface area contributed by atoms with Gasteiger partial charge in [0.15, 0.2) is 0 Å². The molecule has 1 amide bonds. The van der Waals surface area contributed by atoms with Crippen LogP contribution in [0.15, 0.2) is 30.3 Å². The molecule has 0 aromatic heterocycles. The summed E-state index contributed by atoms with van der Waals surface area (Å²) in [5.41, 5.74) is 1.47. The maximum Gasteiger partial charge on any atom is 0.223 e. The third-order valence-electron chi connectivity index (χ3n) is 8.26. The molecule has 1 aliphatic heterocycles. The molecule has 4 bridgehead atoms. The van der Waals surface area contributed by atoms with Gasteiger partial charge >= 0.3 is 0 Å². The van der Waals surface area contributed by atoms with Crippen LogP contribution in [-0.2, 0) is 16.0 Å². The predicted molar refractivity (Wildman–Crippen MR) is 103 cm³/mol. The molecule has 4 saturated carbocycles. The highest BCUT2D eigenvalue weighted by Crippen LogP contribution is 2.66. The molecule has 2 unspecified atom stereocenters. The van der Waals surface area contributed by atoms with Gasteiger partial charge in [0.2, 0.25) is 5.91 Å². The number of methoxy groups -OCH3 is 1. The molecule has 27 heavy (non-hydrogen) atoms. The van der Waals surface area contributed by atoms with E-state index < -0.39 is 0 Å². The average Bonchev–Trinajstić information content (AvgIpc) is 2.63. The van der Waals surface area contributed by atoms with E-state index in [0.717, 1.165) is 25.2 Å². The van der Waals surface area contributed by atoms with Crippen molar-refractivity contribution in [2.24, 2.45) is 23.2 Å². The zero-order chi connectivity index (χ0) is 18.6. The van der Waals surface area contributed by atoms with Crippen LogP contribution in [0.5, 0.6) is 0 Å². The van der Waals surface area contributed by atoms with Crippen LogP contribution in [-0.4, -0.2) is 47.8 Å². The molecule has 1 saturated heterocycles. The summed E-state index contributed by atoms with van der Waals surface area (Å²) in [6, 6.07) is 10.7. The van der Waals surface area contributed by atoms with Gasteiger partial charge in [0.25, 0.3) is 0 Å². The van der Waals surface area contributed by atoms with Crippen molar-refractivity contribution in [3.05, 3.63) is 35.9 Å². The summed E-state index contributed by atoms with van der Waals surface area (Å²) in [5.74, 6) is 2.15. The fraction of sp³-hybridized carbons (Fsp3) is 0.696. The zero-order valence-electron chi connectivity index (χ0n) is 16.3. The average molecular weight is 370 g/mol. The minimum atomic E-state index is -0.325. The minimum absolute atomic E-state index is 0.0535. The Balaban J connectivity index is 1.46. The molecule has 6 rings (SSSR count). The number of nitrogens with zero attached hydrogens (tertiary/aromatic N) is 1. The van der Waals surface area contributed by atoms with Crippen LogP contribution < -0.4 is 0 Å². The number of likely N-dealkylation sites (tertiary alicyclic amines) is 1. The molecule has 1 heterocycles. The Kier molecular flexibility index (Phi) is 4.14. The van der Waals surface area contributed by atoms with Crippen molar-refractivity contribution in [1.82, 2.24) is 4.90 Å². The number of rotatable bonds is 5. The number of hydrogen-bond donors (Lipinski definition) is 1. The molecule has 1 aromatic carbocycles. The third-order valence-corrected chi connectivity index (χ3v) is 8.26. The van der Waals surface area contributed by atoms with Crippen LogP contribution in [0.25, 0.3) is 0 Å². The molecular formula is C23H31NO3. The number of β-amino-alcohol motifs (C(OH)–C–C–N with tert-alkyl or cyclic N) is 1. The molecule has 1 aromatic rings. The fourth-order valence-corrected chi connectivity index (χ4v) is 7.04. The summed E-state index contributed by atoms with van der Waals surface area (Å²) in [4.78, 5) is 14.9. The van der Waals surface area contributed by atoms with Crippen molar-refractivity contribution >= 4 is 5.91 Å². The van der Waals surface area contributed by atoms with Crippen molar-refractivity contribution in [3.63, 3.8) is 0 Å². The topological polar surface area (TPSA) is 49.8 Å². The second-order valence-corrected chi connectivity index (χ2v) is 9.76. The van der Waals surface area contributed by atoms with Gasteiger partial charge in [-0.15, -0.1) is 0 Å². The first-order valence-corrected chi connectivity index (χ1v) is 10.6. The first kappa shape index (κ1) is 17.7. The minimum Gasteiger partial charge on any atom is -0.389 e. The molecule has 0 radical (unpaired) electrons. The van der Waals surface area contributed by atoms with E-state index in [2.05, 4.69) is 30.3 Å². The highest BCUT2D eigenvalue weighted by Gasteiger charge is 2.62. The monoisotopic (exact) mass is 369 g/mol. The Labute approximate surface area is 161 Å². The lowest BCUT2D eigenvalue weighted by Gasteiger charge is -2.65. The maximum atomic E-state index is 13.1. The molecule has 4 heteroatoms. The lowest BCUT2D eigenvalue weighted by Crippen LogP contribution is -2.63. The van der Waals surface area contributed by atoms with Gasteiger partial charge in [-0.25, -0.2) is 0 Å². The van der Waals surface area contributed by atoms with Gasteiger partial charge in [0, 0.05) is 26.6 Å². The fourth-order valence-electron chi connectivity index (χ4n) is 7.04. The Morgan fingerprint density at radius 3 is 2.41 bits per heavy atom. The van der Waals surface area contributed by atoms with Crippen molar-refractivity contribution in [1.29, 1.82) is 0 Å². The van der Waals surface area contributed by atoms with E-state index in [9.17, 15) is 9.90 Å². The molecule has 5 aliphatic rings. The molecule has 4 aliphatic carbocycles. The van der Waals surface area contributed by atoms with Crippen molar-refractivity contribution in [2.75, 3.05) is 20.2 Å². The Hall–Kier alpha value is -1.39. The molecule has 0 spiro atoms. The van der Waals surface area contributed by atoms with Crippen LogP contribution in [0.3, 0.4) is 0 Å². The summed E-state index contributed by atoms with van der Waals surface area (Å²) in [5, 5.41) is 9.63. The highest BCUT2D eigenvalue weighted by molar-refractivity contribution is 5.78. The second-order valence-electron chi connectivity index (χ2n) is 9.76. The van der Waals surface area contributed by atoms with E-state index in [0.29, 0.717) is 31.3 Å². The van der Waals surface area contributed by atoms with E-state index in [1.807, 2.05) is 12.0 Å². The second kappa shape index (κ2) is 6.31. The van der Waals surface area contributed by atoms with Crippen molar-refractivity contribution < 1.29 is 14.6 Å². The van der Waals surface area contributed by atoms with Crippen LogP contribution in [0.2, 0.25) is 0 Å². The number of hydrogen-bond acceptors (Lipinski definition) is 3. The Morgan fingerprint density at radius 1 is 1.15 bits per heavy atom. The van der Waals surface area contributed by atoms with Gasteiger partial charge in [0.1, 0.15) is 0 Å². The van der Waals surface area contributed by atoms with E-state index in [1.165, 1.54) is 24.8 Å². The predicted octanol–water partition coefficient (Wildman–Crippen LogP) is 3.03. The molecular weight excluding hydrogens is 338 g/mol. The van der Waals surface area contributed by atoms with Gasteiger partial charge in [-0.2, -0.15) is 0 Å². The Bertz CT molecular complexity index is 696.